The monoisotopic (exact) mass is 261 g/mol. The standard InChI is InChI=1S/C13H27NO4/c1-3-14-13(11-15)5-4-12(10-13)18-9-8-17-7-6-16-2/h12,14-15H,3-11H2,1-2H3. The number of hydrogen-bond acceptors (Lipinski definition) is 5. The van der Waals surface area contributed by atoms with Crippen molar-refractivity contribution in [3.05, 3.63) is 0 Å². The first-order valence-electron chi connectivity index (χ1n) is 6.80. The molecule has 108 valence electrons. The van der Waals surface area contributed by atoms with Gasteiger partial charge in [0, 0.05) is 12.6 Å². The van der Waals surface area contributed by atoms with Crippen LogP contribution in [-0.4, -0.2) is 63.4 Å². The second-order valence-electron chi connectivity index (χ2n) is 4.81. The van der Waals surface area contributed by atoms with Crippen LogP contribution < -0.4 is 5.32 Å². The molecule has 0 aliphatic heterocycles. The van der Waals surface area contributed by atoms with Crippen molar-refractivity contribution in [2.45, 2.75) is 37.8 Å². The molecule has 0 radical (unpaired) electrons. The van der Waals surface area contributed by atoms with Crippen molar-refractivity contribution < 1.29 is 19.3 Å². The minimum absolute atomic E-state index is 0.129. The van der Waals surface area contributed by atoms with E-state index in [4.69, 9.17) is 14.2 Å². The van der Waals surface area contributed by atoms with E-state index in [0.717, 1.165) is 25.8 Å². The van der Waals surface area contributed by atoms with Crippen LogP contribution in [0.5, 0.6) is 0 Å². The van der Waals surface area contributed by atoms with Gasteiger partial charge in [0.05, 0.1) is 39.1 Å². The summed E-state index contributed by atoms with van der Waals surface area (Å²) in [5.74, 6) is 0. The molecule has 0 aromatic heterocycles. The smallest absolute Gasteiger partial charge is 0.0704 e. The molecular formula is C13H27NO4. The van der Waals surface area contributed by atoms with E-state index in [0.29, 0.717) is 26.4 Å². The van der Waals surface area contributed by atoms with Crippen molar-refractivity contribution in [2.75, 3.05) is 46.7 Å². The number of aliphatic hydroxyl groups excluding tert-OH is 1. The maximum Gasteiger partial charge on any atom is 0.0704 e. The van der Waals surface area contributed by atoms with Crippen molar-refractivity contribution in [3.63, 3.8) is 0 Å². The van der Waals surface area contributed by atoms with Gasteiger partial charge in [0.1, 0.15) is 0 Å². The molecule has 0 spiro atoms. The number of rotatable bonds is 10. The molecular weight excluding hydrogens is 234 g/mol. The van der Waals surface area contributed by atoms with Crippen LogP contribution in [0, 0.1) is 0 Å². The number of methoxy groups -OCH3 is 1. The molecule has 0 heterocycles. The van der Waals surface area contributed by atoms with Gasteiger partial charge in [0.2, 0.25) is 0 Å². The van der Waals surface area contributed by atoms with Gasteiger partial charge in [-0.05, 0) is 25.8 Å². The Kier molecular flexibility index (Phi) is 7.77. The summed E-state index contributed by atoms with van der Waals surface area (Å²) in [5.41, 5.74) is -0.129. The quantitative estimate of drug-likeness (QED) is 0.563. The van der Waals surface area contributed by atoms with Crippen LogP contribution in [0.2, 0.25) is 0 Å². The molecule has 0 aromatic carbocycles. The Morgan fingerprint density at radius 2 is 2.06 bits per heavy atom. The maximum absolute atomic E-state index is 9.48. The zero-order valence-corrected chi connectivity index (χ0v) is 11.6. The Hall–Kier alpha value is -0.200. The normalized spacial score (nSPS) is 27.8. The molecule has 2 atom stereocenters. The van der Waals surface area contributed by atoms with Gasteiger partial charge < -0.3 is 24.6 Å². The van der Waals surface area contributed by atoms with Crippen LogP contribution in [-0.2, 0) is 14.2 Å². The second kappa shape index (κ2) is 8.82. The van der Waals surface area contributed by atoms with E-state index in [1.165, 1.54) is 0 Å². The average molecular weight is 261 g/mol. The van der Waals surface area contributed by atoms with Gasteiger partial charge in [-0.1, -0.05) is 6.92 Å². The highest BCUT2D eigenvalue weighted by Crippen LogP contribution is 2.31. The minimum atomic E-state index is -0.129. The Morgan fingerprint density at radius 1 is 1.28 bits per heavy atom. The van der Waals surface area contributed by atoms with E-state index in [9.17, 15) is 5.11 Å². The molecule has 0 bridgehead atoms. The molecule has 18 heavy (non-hydrogen) atoms. The molecule has 5 heteroatoms. The van der Waals surface area contributed by atoms with E-state index >= 15 is 0 Å². The fourth-order valence-corrected chi connectivity index (χ4v) is 2.47. The summed E-state index contributed by atoms with van der Waals surface area (Å²) in [4.78, 5) is 0. The van der Waals surface area contributed by atoms with Gasteiger partial charge in [-0.15, -0.1) is 0 Å². The molecule has 5 nitrogen and oxygen atoms in total. The van der Waals surface area contributed by atoms with Crippen molar-refractivity contribution >= 4 is 0 Å². The van der Waals surface area contributed by atoms with E-state index < -0.39 is 0 Å². The van der Waals surface area contributed by atoms with Crippen LogP contribution in [0.15, 0.2) is 0 Å². The molecule has 2 N–H and O–H groups in total. The van der Waals surface area contributed by atoms with E-state index in [-0.39, 0.29) is 18.2 Å². The predicted octanol–water partition coefficient (Wildman–Crippen LogP) is 0.559. The third-order valence-corrected chi connectivity index (χ3v) is 3.43. The number of hydrogen-bond donors (Lipinski definition) is 2. The van der Waals surface area contributed by atoms with E-state index in [2.05, 4.69) is 12.2 Å². The molecule has 2 unspecified atom stereocenters. The molecule has 1 aliphatic rings. The number of likely N-dealkylation sites (N-methyl/N-ethyl adjacent to an activating group) is 1. The Labute approximate surface area is 110 Å². The summed E-state index contributed by atoms with van der Waals surface area (Å²) in [6.07, 6.45) is 3.11. The van der Waals surface area contributed by atoms with Crippen LogP contribution in [0.1, 0.15) is 26.2 Å². The highest BCUT2D eigenvalue weighted by molar-refractivity contribution is 4.96. The lowest BCUT2D eigenvalue weighted by atomic mass is 9.99. The van der Waals surface area contributed by atoms with Crippen molar-refractivity contribution in [1.82, 2.24) is 5.32 Å². The zero-order chi connectivity index (χ0) is 13.3. The van der Waals surface area contributed by atoms with E-state index in [1.807, 2.05) is 0 Å². The fraction of sp³-hybridized carbons (Fsp3) is 1.00. The molecule has 0 amide bonds. The first kappa shape index (κ1) is 15.9. The van der Waals surface area contributed by atoms with Crippen molar-refractivity contribution in [3.8, 4) is 0 Å². The van der Waals surface area contributed by atoms with Crippen LogP contribution in [0.3, 0.4) is 0 Å². The largest absolute Gasteiger partial charge is 0.394 e. The van der Waals surface area contributed by atoms with E-state index in [1.54, 1.807) is 7.11 Å². The van der Waals surface area contributed by atoms with Crippen molar-refractivity contribution in [1.29, 1.82) is 0 Å². The summed E-state index contributed by atoms with van der Waals surface area (Å²) >= 11 is 0. The average Bonchev–Trinajstić information content (AvgIpc) is 2.78. The number of nitrogens with one attached hydrogen (secondary N) is 1. The lowest BCUT2D eigenvalue weighted by Gasteiger charge is -2.27. The Bertz CT molecular complexity index is 215. The number of aliphatic hydroxyl groups is 1. The Balaban J connectivity index is 2.10. The molecule has 1 rings (SSSR count). The summed E-state index contributed by atoms with van der Waals surface area (Å²) < 4.78 is 16.0. The highest BCUT2D eigenvalue weighted by Gasteiger charge is 2.38. The zero-order valence-electron chi connectivity index (χ0n) is 11.6. The first-order valence-corrected chi connectivity index (χ1v) is 6.80. The van der Waals surface area contributed by atoms with Gasteiger partial charge >= 0.3 is 0 Å². The molecule has 1 fully saturated rings. The van der Waals surface area contributed by atoms with Crippen LogP contribution >= 0.6 is 0 Å². The van der Waals surface area contributed by atoms with Gasteiger partial charge in [-0.3, -0.25) is 0 Å². The molecule has 0 aromatic rings. The van der Waals surface area contributed by atoms with Gasteiger partial charge in [0.25, 0.3) is 0 Å². The summed E-state index contributed by atoms with van der Waals surface area (Å²) in [6, 6.07) is 0. The second-order valence-corrected chi connectivity index (χ2v) is 4.81. The van der Waals surface area contributed by atoms with Gasteiger partial charge in [0.15, 0.2) is 0 Å². The highest BCUT2D eigenvalue weighted by atomic mass is 16.5. The lowest BCUT2D eigenvalue weighted by Crippen LogP contribution is -2.46. The predicted molar refractivity (Wildman–Crippen MR) is 69.8 cm³/mol. The SMILES string of the molecule is CCNC1(CO)CCC(OCCOCCOC)C1. The summed E-state index contributed by atoms with van der Waals surface area (Å²) in [6.45, 7) is 5.59. The van der Waals surface area contributed by atoms with Gasteiger partial charge in [-0.2, -0.15) is 0 Å². The molecule has 1 aliphatic carbocycles. The topological polar surface area (TPSA) is 60.0 Å². The lowest BCUT2D eigenvalue weighted by molar-refractivity contribution is -0.00766. The number of ether oxygens (including phenoxy) is 3. The molecule has 1 saturated carbocycles. The van der Waals surface area contributed by atoms with Crippen LogP contribution in [0.4, 0.5) is 0 Å². The Morgan fingerprint density at radius 3 is 2.72 bits per heavy atom. The van der Waals surface area contributed by atoms with Gasteiger partial charge in [-0.25, -0.2) is 0 Å². The third kappa shape index (κ3) is 5.20. The summed E-state index contributed by atoms with van der Waals surface area (Å²) in [5, 5.41) is 12.9. The summed E-state index contributed by atoms with van der Waals surface area (Å²) in [7, 11) is 1.66. The van der Waals surface area contributed by atoms with Crippen molar-refractivity contribution in [2.24, 2.45) is 0 Å². The first-order chi connectivity index (χ1) is 8.76. The van der Waals surface area contributed by atoms with Crippen LogP contribution in [0.25, 0.3) is 0 Å². The minimum Gasteiger partial charge on any atom is -0.394 e. The third-order valence-electron chi connectivity index (χ3n) is 3.43. The fourth-order valence-electron chi connectivity index (χ4n) is 2.47. The molecule has 0 saturated heterocycles. The maximum atomic E-state index is 9.48.